The zero-order valence-electron chi connectivity index (χ0n) is 16.1. The van der Waals surface area contributed by atoms with Crippen LogP contribution in [0.3, 0.4) is 0 Å². The molecule has 0 amide bonds. The van der Waals surface area contributed by atoms with E-state index in [1.807, 2.05) is 24.3 Å². The Hall–Kier alpha value is -3.12. The van der Waals surface area contributed by atoms with Gasteiger partial charge in [-0.05, 0) is 60.9 Å². The van der Waals surface area contributed by atoms with E-state index in [0.717, 1.165) is 39.8 Å². The van der Waals surface area contributed by atoms with Crippen molar-refractivity contribution in [3.63, 3.8) is 0 Å². The molecule has 1 unspecified atom stereocenters. The van der Waals surface area contributed by atoms with Crippen LogP contribution in [0.15, 0.2) is 67.4 Å². The van der Waals surface area contributed by atoms with Gasteiger partial charge in [-0.25, -0.2) is 4.39 Å². The van der Waals surface area contributed by atoms with Gasteiger partial charge in [-0.3, -0.25) is 4.98 Å². The molecule has 0 radical (unpaired) electrons. The molecular weight excluding hydrogens is 349 g/mol. The maximum absolute atomic E-state index is 12.8. The summed E-state index contributed by atoms with van der Waals surface area (Å²) in [6, 6.07) is 16.3. The van der Waals surface area contributed by atoms with Crippen LogP contribution in [-0.4, -0.2) is 17.8 Å². The molecular formula is C25H24FNO. The fraction of sp³-hybridized carbons (Fsp3) is 0.240. The molecule has 28 heavy (non-hydrogen) atoms. The maximum atomic E-state index is 12.8. The van der Waals surface area contributed by atoms with Gasteiger partial charge in [0.05, 0.1) is 11.9 Å². The number of ether oxygens (including phenoxy) is 1. The van der Waals surface area contributed by atoms with Gasteiger partial charge in [-0.15, -0.1) is 0 Å². The summed E-state index contributed by atoms with van der Waals surface area (Å²) in [5.41, 5.74) is 2.84. The van der Waals surface area contributed by atoms with Gasteiger partial charge < -0.3 is 4.74 Å². The lowest BCUT2D eigenvalue weighted by Crippen LogP contribution is -1.92. The van der Waals surface area contributed by atoms with Crippen LogP contribution in [-0.2, 0) is 0 Å². The Bertz CT molecular complexity index is 996. The Morgan fingerprint density at radius 3 is 2.71 bits per heavy atom. The lowest BCUT2D eigenvalue weighted by Gasteiger charge is -2.07. The zero-order valence-corrected chi connectivity index (χ0v) is 16.1. The van der Waals surface area contributed by atoms with Gasteiger partial charge in [0, 0.05) is 23.7 Å². The second-order valence-corrected chi connectivity index (χ2v) is 6.73. The molecule has 0 fully saturated rings. The molecule has 0 bridgehead atoms. The molecule has 0 saturated heterocycles. The van der Waals surface area contributed by atoms with E-state index < -0.39 is 6.17 Å². The second-order valence-electron chi connectivity index (χ2n) is 6.73. The molecule has 2 nitrogen and oxygen atoms in total. The number of rotatable bonds is 7. The molecule has 3 aromatic rings. The summed E-state index contributed by atoms with van der Waals surface area (Å²) in [7, 11) is 0. The summed E-state index contributed by atoms with van der Waals surface area (Å²) in [4.78, 5) is 4.54. The zero-order chi connectivity index (χ0) is 19.8. The van der Waals surface area contributed by atoms with E-state index in [9.17, 15) is 4.39 Å². The summed E-state index contributed by atoms with van der Waals surface area (Å²) in [5, 5.41) is 2.26. The first-order valence-electron chi connectivity index (χ1n) is 9.52. The molecule has 1 aromatic heterocycles. The third-order valence-corrected chi connectivity index (χ3v) is 4.38. The van der Waals surface area contributed by atoms with Crippen LogP contribution in [0.25, 0.3) is 22.0 Å². The standard InChI is InChI=1S/C25H24FNO/c1-3-15-28-24-13-12-21-16-23(11-10-22(21)17-24)25-14-9-20(18-27-25)8-6-4-5-7-19(2)26/h3,9-14,16-19H,1,4-5,7,15H2,2H3. The van der Waals surface area contributed by atoms with Gasteiger partial charge in [0.15, 0.2) is 0 Å². The van der Waals surface area contributed by atoms with E-state index in [2.05, 4.69) is 47.7 Å². The Kier molecular flexibility index (Phi) is 6.81. The van der Waals surface area contributed by atoms with Crippen molar-refractivity contribution in [1.29, 1.82) is 0 Å². The third-order valence-electron chi connectivity index (χ3n) is 4.38. The minimum Gasteiger partial charge on any atom is -0.490 e. The number of aromatic nitrogens is 1. The average molecular weight is 373 g/mol. The van der Waals surface area contributed by atoms with Crippen LogP contribution in [0.5, 0.6) is 5.75 Å². The normalized spacial score (nSPS) is 11.5. The van der Waals surface area contributed by atoms with Crippen LogP contribution < -0.4 is 4.74 Å². The first-order valence-corrected chi connectivity index (χ1v) is 9.52. The van der Waals surface area contributed by atoms with Gasteiger partial charge in [0.25, 0.3) is 0 Å². The summed E-state index contributed by atoms with van der Waals surface area (Å²) < 4.78 is 18.3. The lowest BCUT2D eigenvalue weighted by molar-refractivity contribution is 0.336. The number of pyridine rings is 1. The highest BCUT2D eigenvalue weighted by Gasteiger charge is 2.03. The first-order chi connectivity index (χ1) is 13.7. The van der Waals surface area contributed by atoms with Crippen LogP contribution in [0.4, 0.5) is 4.39 Å². The van der Waals surface area contributed by atoms with Crippen LogP contribution in [0.2, 0.25) is 0 Å². The molecule has 0 aliphatic carbocycles. The third kappa shape index (κ3) is 5.44. The van der Waals surface area contributed by atoms with Crippen molar-refractivity contribution in [2.75, 3.05) is 6.61 Å². The lowest BCUT2D eigenvalue weighted by atomic mass is 10.0. The van der Waals surface area contributed by atoms with E-state index in [0.29, 0.717) is 19.4 Å². The van der Waals surface area contributed by atoms with Crippen LogP contribution in [0, 0.1) is 11.8 Å². The summed E-state index contributed by atoms with van der Waals surface area (Å²) in [6.07, 6.45) is 4.83. The van der Waals surface area contributed by atoms with Crippen molar-refractivity contribution in [2.45, 2.75) is 32.4 Å². The number of unbranched alkanes of at least 4 members (excludes halogenated alkanes) is 1. The number of hydrogen-bond donors (Lipinski definition) is 0. The highest BCUT2D eigenvalue weighted by molar-refractivity contribution is 5.88. The molecule has 0 aliphatic rings. The van der Waals surface area contributed by atoms with E-state index in [1.165, 1.54) is 0 Å². The van der Waals surface area contributed by atoms with Crippen molar-refractivity contribution < 1.29 is 9.13 Å². The number of fused-ring (bicyclic) bond motifs is 1. The number of hydrogen-bond acceptors (Lipinski definition) is 2. The quantitative estimate of drug-likeness (QED) is 0.274. The Balaban J connectivity index is 1.70. The molecule has 142 valence electrons. The fourth-order valence-electron chi connectivity index (χ4n) is 2.90. The molecule has 0 spiro atoms. The topological polar surface area (TPSA) is 22.1 Å². The summed E-state index contributed by atoms with van der Waals surface area (Å²) >= 11 is 0. The predicted molar refractivity (Wildman–Crippen MR) is 114 cm³/mol. The minimum absolute atomic E-state index is 0.498. The SMILES string of the molecule is C=CCOc1ccc2cc(-c3ccc(C#CCCCC(C)F)cn3)ccc2c1. The number of nitrogens with zero attached hydrogens (tertiary/aromatic N) is 1. The predicted octanol–water partition coefficient (Wildman–Crippen LogP) is 6.35. The van der Waals surface area contributed by atoms with Gasteiger partial charge in [0.1, 0.15) is 12.4 Å². The van der Waals surface area contributed by atoms with Crippen molar-refractivity contribution in [3.05, 3.63) is 72.9 Å². The Labute approximate surface area is 166 Å². The van der Waals surface area contributed by atoms with Gasteiger partial charge >= 0.3 is 0 Å². The van der Waals surface area contributed by atoms with E-state index in [-0.39, 0.29) is 0 Å². The summed E-state index contributed by atoms with van der Waals surface area (Å²) in [5.74, 6) is 7.01. The van der Waals surface area contributed by atoms with Crippen molar-refractivity contribution in [2.24, 2.45) is 0 Å². The van der Waals surface area contributed by atoms with E-state index >= 15 is 0 Å². The molecule has 0 N–H and O–H groups in total. The van der Waals surface area contributed by atoms with Gasteiger partial charge in [-0.1, -0.05) is 42.7 Å². The smallest absolute Gasteiger partial charge is 0.120 e. The fourth-order valence-corrected chi connectivity index (χ4v) is 2.90. The molecule has 3 rings (SSSR count). The average Bonchev–Trinajstić information content (AvgIpc) is 2.71. The van der Waals surface area contributed by atoms with Crippen LogP contribution >= 0.6 is 0 Å². The maximum Gasteiger partial charge on any atom is 0.120 e. The van der Waals surface area contributed by atoms with Gasteiger partial charge in [0.2, 0.25) is 0 Å². The van der Waals surface area contributed by atoms with E-state index in [1.54, 1.807) is 19.2 Å². The molecule has 1 atom stereocenters. The number of alkyl halides is 1. The van der Waals surface area contributed by atoms with Crippen molar-refractivity contribution >= 4 is 10.8 Å². The number of halogens is 1. The van der Waals surface area contributed by atoms with Gasteiger partial charge in [-0.2, -0.15) is 0 Å². The van der Waals surface area contributed by atoms with Crippen molar-refractivity contribution in [1.82, 2.24) is 4.98 Å². The van der Waals surface area contributed by atoms with E-state index in [4.69, 9.17) is 4.74 Å². The largest absolute Gasteiger partial charge is 0.490 e. The molecule has 3 heteroatoms. The second kappa shape index (κ2) is 9.71. The van der Waals surface area contributed by atoms with Crippen molar-refractivity contribution in [3.8, 4) is 28.8 Å². The molecule has 2 aromatic carbocycles. The highest BCUT2D eigenvalue weighted by Crippen LogP contribution is 2.26. The number of benzene rings is 2. The molecule has 1 heterocycles. The monoisotopic (exact) mass is 373 g/mol. The first kappa shape index (κ1) is 19.6. The highest BCUT2D eigenvalue weighted by atomic mass is 19.1. The minimum atomic E-state index is -0.754. The summed E-state index contributed by atoms with van der Waals surface area (Å²) in [6.45, 7) is 5.75. The molecule has 0 aliphatic heterocycles. The Morgan fingerprint density at radius 1 is 1.14 bits per heavy atom. The Morgan fingerprint density at radius 2 is 1.96 bits per heavy atom. The van der Waals surface area contributed by atoms with Crippen LogP contribution in [0.1, 0.15) is 31.7 Å². The molecule has 0 saturated carbocycles.